The van der Waals surface area contributed by atoms with Gasteiger partial charge < -0.3 is 25.3 Å². The molecule has 3 aromatic rings. The fourth-order valence-corrected chi connectivity index (χ4v) is 5.85. The maximum Gasteiger partial charge on any atom is 0.231 e. The summed E-state index contributed by atoms with van der Waals surface area (Å²) in [4.78, 5) is 19.4. The lowest BCUT2D eigenvalue weighted by Crippen LogP contribution is -2.43. The molecule has 0 spiro atoms. The van der Waals surface area contributed by atoms with E-state index < -0.39 is 0 Å². The van der Waals surface area contributed by atoms with Gasteiger partial charge in [0.2, 0.25) is 5.95 Å². The van der Waals surface area contributed by atoms with Crippen molar-refractivity contribution in [2.75, 3.05) is 48.8 Å². The van der Waals surface area contributed by atoms with Crippen molar-refractivity contribution in [2.24, 2.45) is 0 Å². The molecule has 2 aromatic heterocycles. The Kier molecular flexibility index (Phi) is 7.48. The Morgan fingerprint density at radius 3 is 2.63 bits per heavy atom. The van der Waals surface area contributed by atoms with Gasteiger partial charge in [-0.25, -0.2) is 9.29 Å². The molecule has 0 radical (unpaired) electrons. The van der Waals surface area contributed by atoms with Crippen LogP contribution < -0.4 is 20.3 Å². The van der Waals surface area contributed by atoms with Crippen molar-refractivity contribution in [1.29, 1.82) is 0 Å². The second kappa shape index (κ2) is 10.9. The molecule has 1 aliphatic carbocycles. The maximum atomic E-state index is 5.75. The highest BCUT2D eigenvalue weighted by molar-refractivity contribution is 7.97. The van der Waals surface area contributed by atoms with E-state index in [4.69, 9.17) is 9.72 Å². The third-order valence-electron chi connectivity index (χ3n) is 6.63. The van der Waals surface area contributed by atoms with Crippen molar-refractivity contribution in [1.82, 2.24) is 24.2 Å². The number of methoxy groups -OCH3 is 1. The van der Waals surface area contributed by atoms with E-state index in [0.29, 0.717) is 22.9 Å². The van der Waals surface area contributed by atoms with Crippen LogP contribution >= 0.6 is 11.9 Å². The topological polar surface area (TPSA) is 94.2 Å². The van der Waals surface area contributed by atoms with Crippen molar-refractivity contribution in [3.63, 3.8) is 0 Å². The predicted molar refractivity (Wildman–Crippen MR) is 145 cm³/mol. The molecule has 188 valence electrons. The Bertz CT molecular complexity index is 1120. The van der Waals surface area contributed by atoms with E-state index in [1.54, 1.807) is 13.4 Å². The van der Waals surface area contributed by atoms with Crippen LogP contribution in [0.5, 0.6) is 5.75 Å². The molecule has 1 saturated heterocycles. The number of rotatable bonds is 8. The summed E-state index contributed by atoms with van der Waals surface area (Å²) in [7, 11) is 1.70. The summed E-state index contributed by atoms with van der Waals surface area (Å²) in [5, 5.41) is 7.62. The number of fused-ring (bicyclic) bond motifs is 1. The molecule has 1 saturated carbocycles. The SMILES string of the molecule is COc1cc(N2CCN(SC(C)C)CC2)ccc1Nc1nc(NC2CCCCC2)c2[nH]cnc2n1. The highest BCUT2D eigenvalue weighted by atomic mass is 32.2. The molecule has 0 bridgehead atoms. The highest BCUT2D eigenvalue weighted by Gasteiger charge is 2.21. The van der Waals surface area contributed by atoms with Crippen LogP contribution in [0.4, 0.5) is 23.1 Å². The molecule has 3 heterocycles. The largest absolute Gasteiger partial charge is 0.494 e. The molecule has 0 atom stereocenters. The number of hydrogen-bond donors (Lipinski definition) is 3. The molecule has 5 rings (SSSR count). The number of anilines is 4. The smallest absolute Gasteiger partial charge is 0.231 e. The molecule has 35 heavy (non-hydrogen) atoms. The summed E-state index contributed by atoms with van der Waals surface area (Å²) in [6.07, 6.45) is 7.84. The normalized spacial score (nSPS) is 17.8. The van der Waals surface area contributed by atoms with Crippen LogP contribution in [-0.2, 0) is 0 Å². The second-order valence-corrected chi connectivity index (χ2v) is 11.2. The summed E-state index contributed by atoms with van der Waals surface area (Å²) >= 11 is 1.94. The Labute approximate surface area is 211 Å². The Morgan fingerprint density at radius 2 is 1.89 bits per heavy atom. The molecule has 10 heteroatoms. The van der Waals surface area contributed by atoms with Gasteiger partial charge in [-0.2, -0.15) is 9.97 Å². The number of aromatic amines is 1. The van der Waals surface area contributed by atoms with Crippen LogP contribution in [0.25, 0.3) is 11.2 Å². The zero-order valence-corrected chi connectivity index (χ0v) is 21.7. The zero-order valence-electron chi connectivity index (χ0n) is 20.9. The molecule has 0 amide bonds. The molecule has 3 N–H and O–H groups in total. The van der Waals surface area contributed by atoms with Gasteiger partial charge in [0, 0.05) is 49.2 Å². The van der Waals surface area contributed by atoms with Crippen molar-refractivity contribution < 1.29 is 4.74 Å². The minimum absolute atomic E-state index is 0.436. The molecular weight excluding hydrogens is 460 g/mol. The molecule has 2 fully saturated rings. The van der Waals surface area contributed by atoms with Crippen LogP contribution in [0.3, 0.4) is 0 Å². The summed E-state index contributed by atoms with van der Waals surface area (Å²) in [6.45, 7) is 8.61. The van der Waals surface area contributed by atoms with Gasteiger partial charge in [0.1, 0.15) is 11.3 Å². The van der Waals surface area contributed by atoms with E-state index in [1.165, 1.54) is 37.8 Å². The highest BCUT2D eigenvalue weighted by Crippen LogP contribution is 2.33. The van der Waals surface area contributed by atoms with Gasteiger partial charge in [0.05, 0.1) is 19.1 Å². The molecule has 1 aromatic carbocycles. The van der Waals surface area contributed by atoms with Crippen molar-refractivity contribution in [2.45, 2.75) is 57.2 Å². The van der Waals surface area contributed by atoms with E-state index >= 15 is 0 Å². The quantitative estimate of drug-likeness (QED) is 0.371. The fourth-order valence-electron chi connectivity index (χ4n) is 4.88. The Balaban J connectivity index is 1.32. The standard InChI is InChI=1S/C25H36N8OS/c1-17(2)35-33-13-11-32(12-14-33)19-9-10-20(21(15-19)34-3)29-25-30-23-22(26-16-27-23)24(31-25)28-18-7-5-4-6-8-18/h9-10,15-18H,4-8,11-14H2,1-3H3,(H3,26,27,28,29,30,31). The Hall–Kier alpha value is -2.72. The number of aromatic nitrogens is 4. The second-order valence-electron chi connectivity index (χ2n) is 9.56. The number of ether oxygens (including phenoxy) is 1. The van der Waals surface area contributed by atoms with Crippen LogP contribution in [0.15, 0.2) is 24.5 Å². The third-order valence-corrected chi connectivity index (χ3v) is 7.71. The lowest BCUT2D eigenvalue weighted by molar-refractivity contribution is 0.414. The van der Waals surface area contributed by atoms with E-state index in [0.717, 1.165) is 49.0 Å². The van der Waals surface area contributed by atoms with Gasteiger partial charge in [-0.3, -0.25) is 0 Å². The number of imidazole rings is 1. The van der Waals surface area contributed by atoms with Crippen LogP contribution in [0.2, 0.25) is 0 Å². The van der Waals surface area contributed by atoms with Gasteiger partial charge >= 0.3 is 0 Å². The molecule has 9 nitrogen and oxygen atoms in total. The number of piperazine rings is 1. The Morgan fingerprint density at radius 1 is 1.09 bits per heavy atom. The lowest BCUT2D eigenvalue weighted by atomic mass is 9.95. The van der Waals surface area contributed by atoms with Crippen molar-refractivity contribution >= 4 is 46.3 Å². The summed E-state index contributed by atoms with van der Waals surface area (Å²) in [5.74, 6) is 2.08. The van der Waals surface area contributed by atoms with E-state index in [9.17, 15) is 0 Å². The number of hydrogen-bond acceptors (Lipinski definition) is 9. The van der Waals surface area contributed by atoms with Gasteiger partial charge in [0.15, 0.2) is 11.5 Å². The van der Waals surface area contributed by atoms with Gasteiger partial charge in [-0.05, 0) is 25.0 Å². The summed E-state index contributed by atoms with van der Waals surface area (Å²) in [6, 6.07) is 6.73. The van der Waals surface area contributed by atoms with E-state index in [-0.39, 0.29) is 0 Å². The molecule has 0 unspecified atom stereocenters. The monoisotopic (exact) mass is 496 g/mol. The number of nitrogens with zero attached hydrogens (tertiary/aromatic N) is 5. The average molecular weight is 497 g/mol. The fraction of sp³-hybridized carbons (Fsp3) is 0.560. The molecular formula is C25H36N8OS. The van der Waals surface area contributed by atoms with Crippen molar-refractivity contribution in [3.8, 4) is 5.75 Å². The summed E-state index contributed by atoms with van der Waals surface area (Å²) < 4.78 is 8.22. The molecule has 2 aliphatic rings. The average Bonchev–Trinajstić information content (AvgIpc) is 3.34. The van der Waals surface area contributed by atoms with Gasteiger partial charge in [0.25, 0.3) is 0 Å². The van der Waals surface area contributed by atoms with E-state index in [2.05, 4.69) is 66.8 Å². The third kappa shape index (κ3) is 5.75. The number of nitrogens with one attached hydrogen (secondary N) is 3. The van der Waals surface area contributed by atoms with E-state index in [1.807, 2.05) is 11.9 Å². The lowest BCUT2D eigenvalue weighted by Gasteiger charge is -2.36. The van der Waals surface area contributed by atoms with Crippen LogP contribution in [-0.4, -0.2) is 68.8 Å². The zero-order chi connectivity index (χ0) is 24.2. The first-order valence-electron chi connectivity index (χ1n) is 12.7. The maximum absolute atomic E-state index is 5.75. The first-order valence-corrected chi connectivity index (χ1v) is 13.5. The van der Waals surface area contributed by atoms with Crippen LogP contribution in [0, 0.1) is 0 Å². The first kappa shape index (κ1) is 24.0. The minimum Gasteiger partial charge on any atom is -0.494 e. The van der Waals surface area contributed by atoms with Crippen LogP contribution in [0.1, 0.15) is 46.0 Å². The van der Waals surface area contributed by atoms with Gasteiger partial charge in [-0.1, -0.05) is 45.1 Å². The molecule has 1 aliphatic heterocycles. The predicted octanol–water partition coefficient (Wildman–Crippen LogP) is 5.03. The van der Waals surface area contributed by atoms with Gasteiger partial charge in [-0.15, -0.1) is 0 Å². The minimum atomic E-state index is 0.436. The van der Waals surface area contributed by atoms with Crippen molar-refractivity contribution in [3.05, 3.63) is 24.5 Å². The number of H-pyrrole nitrogens is 1. The first-order chi connectivity index (χ1) is 17.1. The number of benzene rings is 1. The summed E-state index contributed by atoms with van der Waals surface area (Å²) in [5.41, 5.74) is 3.50.